The molecular formula is C16H15BrO. The van der Waals surface area contributed by atoms with E-state index >= 15 is 0 Å². The highest BCUT2D eigenvalue weighted by molar-refractivity contribution is 9.09. The maximum Gasteiger partial charge on any atom is 0.127 e. The van der Waals surface area contributed by atoms with Crippen molar-refractivity contribution in [3.05, 3.63) is 71.8 Å². The molecule has 18 heavy (non-hydrogen) atoms. The van der Waals surface area contributed by atoms with E-state index in [0.717, 1.165) is 16.6 Å². The summed E-state index contributed by atoms with van der Waals surface area (Å²) in [6.45, 7) is 0.597. The molecule has 2 aromatic rings. The summed E-state index contributed by atoms with van der Waals surface area (Å²) in [5.74, 6) is 0.915. The molecule has 0 spiro atoms. The summed E-state index contributed by atoms with van der Waals surface area (Å²) in [4.78, 5) is 0. The van der Waals surface area contributed by atoms with Gasteiger partial charge in [-0.25, -0.2) is 0 Å². The highest BCUT2D eigenvalue weighted by atomic mass is 79.9. The molecule has 0 atom stereocenters. The molecule has 0 saturated carbocycles. The molecular weight excluding hydrogens is 288 g/mol. The molecule has 0 bridgehead atoms. The van der Waals surface area contributed by atoms with Gasteiger partial charge < -0.3 is 4.74 Å². The van der Waals surface area contributed by atoms with Crippen molar-refractivity contribution in [2.75, 3.05) is 5.33 Å². The number of ether oxygens (including phenoxy) is 1. The molecule has 0 fully saturated rings. The van der Waals surface area contributed by atoms with Gasteiger partial charge in [0.1, 0.15) is 12.4 Å². The lowest BCUT2D eigenvalue weighted by atomic mass is 10.2. The first-order valence-corrected chi connectivity index (χ1v) is 7.00. The monoisotopic (exact) mass is 302 g/mol. The van der Waals surface area contributed by atoms with Gasteiger partial charge in [0.25, 0.3) is 0 Å². The number of hydrogen-bond acceptors (Lipinski definition) is 1. The second-order valence-electron chi connectivity index (χ2n) is 3.87. The lowest BCUT2D eigenvalue weighted by Crippen LogP contribution is -1.96. The van der Waals surface area contributed by atoms with Crippen LogP contribution in [0.4, 0.5) is 0 Å². The number of alkyl halides is 1. The number of allylic oxidation sites excluding steroid dienone is 1. The molecule has 0 radical (unpaired) electrons. The van der Waals surface area contributed by atoms with E-state index in [1.807, 2.05) is 36.4 Å². The first-order chi connectivity index (χ1) is 8.90. The smallest absolute Gasteiger partial charge is 0.127 e. The van der Waals surface area contributed by atoms with E-state index < -0.39 is 0 Å². The van der Waals surface area contributed by atoms with Gasteiger partial charge >= 0.3 is 0 Å². The van der Waals surface area contributed by atoms with E-state index in [1.165, 1.54) is 5.56 Å². The minimum atomic E-state index is 0.597. The van der Waals surface area contributed by atoms with Crippen LogP contribution in [0.5, 0.6) is 5.75 Å². The number of halogens is 1. The average Bonchev–Trinajstić information content (AvgIpc) is 2.45. The van der Waals surface area contributed by atoms with Crippen LogP contribution in [0, 0.1) is 0 Å². The van der Waals surface area contributed by atoms with Gasteiger partial charge in [-0.05, 0) is 11.6 Å². The lowest BCUT2D eigenvalue weighted by Gasteiger charge is -2.09. The molecule has 2 rings (SSSR count). The zero-order chi connectivity index (χ0) is 12.6. The van der Waals surface area contributed by atoms with Crippen LogP contribution in [0.25, 0.3) is 6.08 Å². The van der Waals surface area contributed by atoms with Crippen LogP contribution in [-0.2, 0) is 6.61 Å². The Labute approximate surface area is 116 Å². The minimum Gasteiger partial charge on any atom is -0.488 e. The fraction of sp³-hybridized carbons (Fsp3) is 0.125. The van der Waals surface area contributed by atoms with Crippen LogP contribution in [0.3, 0.4) is 0 Å². The highest BCUT2D eigenvalue weighted by Gasteiger charge is 1.99. The molecule has 0 aliphatic carbocycles. The van der Waals surface area contributed by atoms with Crippen LogP contribution < -0.4 is 4.74 Å². The number of hydrogen-bond donors (Lipinski definition) is 0. The Kier molecular flexibility index (Phi) is 5.03. The zero-order valence-electron chi connectivity index (χ0n) is 10.1. The zero-order valence-corrected chi connectivity index (χ0v) is 11.6. The summed E-state index contributed by atoms with van der Waals surface area (Å²) >= 11 is 3.38. The molecule has 0 heterocycles. The first kappa shape index (κ1) is 12.9. The highest BCUT2D eigenvalue weighted by Crippen LogP contribution is 2.20. The maximum absolute atomic E-state index is 5.85. The summed E-state index contributed by atoms with van der Waals surface area (Å²) < 4.78 is 5.85. The van der Waals surface area contributed by atoms with Crippen LogP contribution in [0.1, 0.15) is 11.1 Å². The Morgan fingerprint density at radius 1 is 0.944 bits per heavy atom. The molecule has 0 unspecified atom stereocenters. The summed E-state index contributed by atoms with van der Waals surface area (Å²) in [5.41, 5.74) is 2.28. The largest absolute Gasteiger partial charge is 0.488 e. The van der Waals surface area contributed by atoms with Crippen LogP contribution in [0.2, 0.25) is 0 Å². The predicted molar refractivity (Wildman–Crippen MR) is 80.0 cm³/mol. The second-order valence-corrected chi connectivity index (χ2v) is 4.52. The summed E-state index contributed by atoms with van der Waals surface area (Å²) in [6, 6.07) is 18.3. The Morgan fingerprint density at radius 2 is 1.67 bits per heavy atom. The van der Waals surface area contributed by atoms with E-state index in [2.05, 4.69) is 46.3 Å². The molecule has 1 nitrogen and oxygen atoms in total. The summed E-state index contributed by atoms with van der Waals surface area (Å²) in [5, 5.41) is 0.847. The standard InChI is InChI=1S/C16H15BrO/c17-12-6-10-15-9-4-5-11-16(15)18-13-14-7-2-1-3-8-14/h1-11H,12-13H2/b10-6+. The van der Waals surface area contributed by atoms with E-state index in [1.54, 1.807) is 0 Å². The molecule has 0 amide bonds. The number of rotatable bonds is 5. The Balaban J connectivity index is 2.07. The maximum atomic E-state index is 5.85. The van der Waals surface area contributed by atoms with Gasteiger partial charge in [0.05, 0.1) is 0 Å². The van der Waals surface area contributed by atoms with Gasteiger partial charge in [-0.1, -0.05) is 76.6 Å². The molecule has 2 aromatic carbocycles. The third-order valence-corrected chi connectivity index (χ3v) is 2.92. The number of benzene rings is 2. The van der Waals surface area contributed by atoms with Crippen molar-refractivity contribution in [2.24, 2.45) is 0 Å². The van der Waals surface area contributed by atoms with Crippen molar-refractivity contribution in [3.63, 3.8) is 0 Å². The quantitative estimate of drug-likeness (QED) is 0.729. The van der Waals surface area contributed by atoms with Gasteiger partial charge in [0.15, 0.2) is 0 Å². The van der Waals surface area contributed by atoms with E-state index in [0.29, 0.717) is 6.61 Å². The molecule has 0 saturated heterocycles. The molecule has 0 aliphatic rings. The van der Waals surface area contributed by atoms with Crippen molar-refractivity contribution >= 4 is 22.0 Å². The Hall–Kier alpha value is -1.54. The fourth-order valence-corrected chi connectivity index (χ4v) is 1.84. The first-order valence-electron chi connectivity index (χ1n) is 5.88. The van der Waals surface area contributed by atoms with Crippen LogP contribution in [0.15, 0.2) is 60.7 Å². The van der Waals surface area contributed by atoms with E-state index in [9.17, 15) is 0 Å². The lowest BCUT2D eigenvalue weighted by molar-refractivity contribution is 0.305. The molecule has 2 heteroatoms. The van der Waals surface area contributed by atoms with Gasteiger partial charge in [-0.15, -0.1) is 0 Å². The van der Waals surface area contributed by atoms with Gasteiger partial charge in [-0.2, -0.15) is 0 Å². The molecule has 0 aromatic heterocycles. The van der Waals surface area contributed by atoms with Crippen LogP contribution >= 0.6 is 15.9 Å². The van der Waals surface area contributed by atoms with Crippen molar-refractivity contribution in [2.45, 2.75) is 6.61 Å². The third-order valence-electron chi connectivity index (χ3n) is 2.54. The summed E-state index contributed by atoms with van der Waals surface area (Å²) in [6.07, 6.45) is 4.12. The van der Waals surface area contributed by atoms with Crippen molar-refractivity contribution in [1.82, 2.24) is 0 Å². The Bertz CT molecular complexity index is 506. The topological polar surface area (TPSA) is 9.23 Å². The second kappa shape index (κ2) is 7.02. The molecule has 0 aliphatic heterocycles. The minimum absolute atomic E-state index is 0.597. The summed E-state index contributed by atoms with van der Waals surface area (Å²) in [7, 11) is 0. The van der Waals surface area contributed by atoms with E-state index in [-0.39, 0.29) is 0 Å². The normalized spacial score (nSPS) is 10.7. The van der Waals surface area contributed by atoms with Gasteiger partial charge in [-0.3, -0.25) is 0 Å². The SMILES string of the molecule is BrC/C=C/c1ccccc1OCc1ccccc1. The van der Waals surface area contributed by atoms with Crippen molar-refractivity contribution in [3.8, 4) is 5.75 Å². The van der Waals surface area contributed by atoms with Crippen molar-refractivity contribution < 1.29 is 4.74 Å². The van der Waals surface area contributed by atoms with Gasteiger partial charge in [0.2, 0.25) is 0 Å². The van der Waals surface area contributed by atoms with Crippen LogP contribution in [-0.4, -0.2) is 5.33 Å². The predicted octanol–water partition coefficient (Wildman–Crippen LogP) is 4.67. The van der Waals surface area contributed by atoms with E-state index in [4.69, 9.17) is 4.74 Å². The third kappa shape index (κ3) is 3.74. The average molecular weight is 303 g/mol. The van der Waals surface area contributed by atoms with Gasteiger partial charge in [0, 0.05) is 10.9 Å². The van der Waals surface area contributed by atoms with Crippen molar-refractivity contribution in [1.29, 1.82) is 0 Å². The molecule has 92 valence electrons. The molecule has 0 N–H and O–H groups in total. The Morgan fingerprint density at radius 3 is 2.44 bits per heavy atom. The number of para-hydroxylation sites is 1. The fourth-order valence-electron chi connectivity index (χ4n) is 1.66.